The SMILES string of the molecule is CC(C)C[C@@H]1C(=O)N[C@@H](Cc2ccc(C(=O)O)cc2)C(=O)NCc2cn(nn2)[C@H](CC(C)C)C(=O)N[C@@H](Cc2ccc(C(=O)O)cc2)C(=O)NCc2cn1nn2. The van der Waals surface area contributed by atoms with E-state index in [0.29, 0.717) is 35.4 Å². The fraction of sp³-hybridized carbons (Fsp3) is 0.421. The molecule has 1 aliphatic heterocycles. The van der Waals surface area contributed by atoms with Gasteiger partial charge >= 0.3 is 11.9 Å². The molecule has 4 atom stereocenters. The summed E-state index contributed by atoms with van der Waals surface area (Å²) in [6, 6.07) is 8.04. The third kappa shape index (κ3) is 10.8. The highest BCUT2D eigenvalue weighted by Crippen LogP contribution is 2.21. The Bertz CT molecular complexity index is 1900. The number of aromatic nitrogens is 6. The average Bonchev–Trinajstić information content (AvgIpc) is 3.83. The first kappa shape index (κ1) is 40.7. The summed E-state index contributed by atoms with van der Waals surface area (Å²) < 4.78 is 2.76. The van der Waals surface area contributed by atoms with Crippen LogP contribution in [-0.2, 0) is 45.1 Å². The van der Waals surface area contributed by atoms with Gasteiger partial charge < -0.3 is 31.5 Å². The lowest BCUT2D eigenvalue weighted by Gasteiger charge is -2.24. The molecule has 2 aromatic carbocycles. The highest BCUT2D eigenvalue weighted by molar-refractivity contribution is 5.91. The Kier molecular flexibility index (Phi) is 13.3. The molecule has 0 unspecified atom stereocenters. The zero-order valence-electron chi connectivity index (χ0n) is 31.5. The van der Waals surface area contributed by atoms with Crippen molar-refractivity contribution in [3.05, 3.63) is 94.6 Å². The molecule has 18 nitrogen and oxygen atoms in total. The van der Waals surface area contributed by atoms with Gasteiger partial charge in [0, 0.05) is 12.8 Å². The minimum atomic E-state index is -1.10. The highest BCUT2D eigenvalue weighted by Gasteiger charge is 2.31. The molecular formula is C38H46N10O8. The molecule has 296 valence electrons. The summed E-state index contributed by atoms with van der Waals surface area (Å²) in [7, 11) is 0. The molecule has 18 heteroatoms. The van der Waals surface area contributed by atoms with E-state index in [2.05, 4.69) is 41.9 Å². The molecule has 4 amide bonds. The third-order valence-corrected chi connectivity index (χ3v) is 9.18. The number of rotatable bonds is 10. The van der Waals surface area contributed by atoms with E-state index in [-0.39, 0.29) is 48.9 Å². The van der Waals surface area contributed by atoms with Gasteiger partial charge in [0.05, 0.1) is 36.6 Å². The van der Waals surface area contributed by atoms with Crippen LogP contribution in [0.5, 0.6) is 0 Å². The van der Waals surface area contributed by atoms with Crippen molar-refractivity contribution in [2.45, 2.75) is 90.6 Å². The maximum Gasteiger partial charge on any atom is 0.335 e. The Morgan fingerprint density at radius 3 is 1.30 bits per heavy atom. The van der Waals surface area contributed by atoms with E-state index in [1.807, 2.05) is 27.7 Å². The van der Waals surface area contributed by atoms with Crippen LogP contribution in [0.4, 0.5) is 0 Å². The topological polar surface area (TPSA) is 252 Å². The van der Waals surface area contributed by atoms with Gasteiger partial charge in [-0.3, -0.25) is 19.2 Å². The number of nitrogens with zero attached hydrogens (tertiary/aromatic N) is 6. The number of carboxylic acids is 2. The fourth-order valence-corrected chi connectivity index (χ4v) is 6.25. The smallest absolute Gasteiger partial charge is 0.335 e. The molecule has 56 heavy (non-hydrogen) atoms. The van der Waals surface area contributed by atoms with Crippen LogP contribution < -0.4 is 21.3 Å². The van der Waals surface area contributed by atoms with Crippen LogP contribution in [0.2, 0.25) is 0 Å². The Balaban J connectivity index is 1.49. The normalized spacial score (nSPS) is 19.8. The van der Waals surface area contributed by atoms with E-state index in [1.54, 1.807) is 24.3 Å². The molecule has 0 spiro atoms. The minimum absolute atomic E-state index is 0.0237. The van der Waals surface area contributed by atoms with E-state index in [1.165, 1.54) is 46.0 Å². The van der Waals surface area contributed by atoms with E-state index in [0.717, 1.165) is 0 Å². The van der Waals surface area contributed by atoms with E-state index < -0.39 is 59.7 Å². The van der Waals surface area contributed by atoms with E-state index in [9.17, 15) is 39.0 Å². The average molecular weight is 771 g/mol. The molecule has 4 bridgehead atoms. The lowest BCUT2D eigenvalue weighted by molar-refractivity contribution is -0.131. The number of amides is 4. The van der Waals surface area contributed by atoms with Gasteiger partial charge in [-0.15, -0.1) is 10.2 Å². The largest absolute Gasteiger partial charge is 0.478 e. The molecule has 3 heterocycles. The first-order valence-corrected chi connectivity index (χ1v) is 18.3. The summed E-state index contributed by atoms with van der Waals surface area (Å²) in [4.78, 5) is 78.4. The first-order valence-electron chi connectivity index (χ1n) is 18.3. The van der Waals surface area contributed by atoms with Gasteiger partial charge in [0.15, 0.2) is 0 Å². The molecule has 2 aromatic heterocycles. The molecule has 0 fully saturated rings. The minimum Gasteiger partial charge on any atom is -0.478 e. The number of fused-ring (bicyclic) bond motifs is 4. The van der Waals surface area contributed by atoms with E-state index >= 15 is 0 Å². The second kappa shape index (κ2) is 18.2. The van der Waals surface area contributed by atoms with Crippen LogP contribution in [0, 0.1) is 11.8 Å². The fourth-order valence-electron chi connectivity index (χ4n) is 6.25. The lowest BCUT2D eigenvalue weighted by Crippen LogP contribution is -2.50. The summed E-state index contributed by atoms with van der Waals surface area (Å²) in [6.45, 7) is 7.52. The number of nitrogens with one attached hydrogen (secondary N) is 4. The van der Waals surface area contributed by atoms with E-state index in [4.69, 9.17) is 0 Å². The Labute approximate surface area is 322 Å². The Morgan fingerprint density at radius 2 is 0.982 bits per heavy atom. The quantitative estimate of drug-likeness (QED) is 0.135. The summed E-state index contributed by atoms with van der Waals surface area (Å²) in [5, 5.41) is 46.8. The Hall–Kier alpha value is -6.46. The van der Waals surface area contributed by atoms with Crippen LogP contribution in [-0.4, -0.2) is 87.9 Å². The van der Waals surface area contributed by atoms with Crippen molar-refractivity contribution in [1.29, 1.82) is 0 Å². The van der Waals surface area contributed by atoms with Crippen molar-refractivity contribution >= 4 is 35.6 Å². The number of carbonyl (C=O) groups excluding carboxylic acids is 4. The summed E-state index contributed by atoms with van der Waals surface area (Å²) >= 11 is 0. The third-order valence-electron chi connectivity index (χ3n) is 9.18. The molecule has 0 saturated carbocycles. The van der Waals surface area contributed by atoms with Gasteiger partial charge in [0.2, 0.25) is 23.6 Å². The second-order valence-electron chi connectivity index (χ2n) is 14.6. The van der Waals surface area contributed by atoms with Gasteiger partial charge in [-0.2, -0.15) is 0 Å². The number of aromatic carboxylic acids is 2. The number of hydrogen-bond acceptors (Lipinski definition) is 10. The van der Waals surface area contributed by atoms with Crippen molar-refractivity contribution in [1.82, 2.24) is 51.3 Å². The van der Waals surface area contributed by atoms with Crippen LogP contribution in [0.1, 0.15) is 95.9 Å². The maximum atomic E-state index is 14.0. The van der Waals surface area contributed by atoms with Gasteiger partial charge in [-0.25, -0.2) is 19.0 Å². The zero-order chi connectivity index (χ0) is 40.5. The Morgan fingerprint density at radius 1 is 0.625 bits per heavy atom. The lowest BCUT2D eigenvalue weighted by atomic mass is 10.0. The highest BCUT2D eigenvalue weighted by atomic mass is 16.4. The predicted molar refractivity (Wildman–Crippen MR) is 199 cm³/mol. The molecule has 4 aromatic rings. The molecule has 0 radical (unpaired) electrons. The molecule has 1 aliphatic rings. The van der Waals surface area contributed by atoms with Crippen LogP contribution >= 0.6 is 0 Å². The van der Waals surface area contributed by atoms with Crippen LogP contribution in [0.25, 0.3) is 0 Å². The van der Waals surface area contributed by atoms with Gasteiger partial charge in [-0.05, 0) is 60.1 Å². The summed E-state index contributed by atoms with van der Waals surface area (Å²) in [5.74, 6) is -4.23. The molecule has 5 rings (SSSR count). The van der Waals surface area contributed by atoms with Crippen molar-refractivity contribution in [3.63, 3.8) is 0 Å². The number of hydrogen-bond donors (Lipinski definition) is 6. The molecular weight excluding hydrogens is 724 g/mol. The number of carbonyl (C=O) groups is 6. The summed E-state index contributed by atoms with van der Waals surface area (Å²) in [5.41, 5.74) is 2.01. The van der Waals surface area contributed by atoms with Crippen LogP contribution in [0.15, 0.2) is 60.9 Å². The van der Waals surface area contributed by atoms with Crippen molar-refractivity contribution < 1.29 is 39.0 Å². The second-order valence-corrected chi connectivity index (χ2v) is 14.6. The molecule has 0 saturated heterocycles. The number of benzene rings is 2. The zero-order valence-corrected chi connectivity index (χ0v) is 31.5. The van der Waals surface area contributed by atoms with Crippen molar-refractivity contribution in [2.75, 3.05) is 0 Å². The number of carboxylic acid groups (broad SMARTS) is 2. The van der Waals surface area contributed by atoms with Crippen molar-refractivity contribution in [3.8, 4) is 0 Å². The van der Waals surface area contributed by atoms with Crippen molar-refractivity contribution in [2.24, 2.45) is 11.8 Å². The van der Waals surface area contributed by atoms with Gasteiger partial charge in [-0.1, -0.05) is 62.4 Å². The monoisotopic (exact) mass is 770 g/mol. The molecule has 0 aliphatic carbocycles. The first-order chi connectivity index (χ1) is 26.7. The maximum absolute atomic E-state index is 14.0. The van der Waals surface area contributed by atoms with Crippen LogP contribution in [0.3, 0.4) is 0 Å². The molecule has 6 N–H and O–H groups in total. The standard InChI is InChI=1S/C38H46N10O8/c1-21(2)13-31-35(51)41-29(15-23-5-9-25(10-6-23)37(53)54)33(49)40-18-28-20-48(46-44-28)32(14-22(3)4)36(52)42-30(16-24-7-11-26(12-8-24)38(55)56)34(50)39-17-27-19-47(31)45-43-27/h5-12,19-22,29-32H,13-18H2,1-4H3,(H,39,50)(H,40,49)(H,41,51)(H,42,52)(H,53,54)(H,55,56)/t29-,30-,31+,32+/m0/s1. The van der Waals surface area contributed by atoms with Gasteiger partial charge in [0.25, 0.3) is 0 Å². The summed E-state index contributed by atoms with van der Waals surface area (Å²) in [6.07, 6.45) is 3.80. The van der Waals surface area contributed by atoms with Gasteiger partial charge in [0.1, 0.15) is 35.6 Å². The predicted octanol–water partition coefficient (Wildman–Crippen LogP) is 1.84.